The molecule has 0 aromatic rings. The maximum atomic E-state index is 4.16. The summed E-state index contributed by atoms with van der Waals surface area (Å²) in [6.45, 7) is 3.40. The van der Waals surface area contributed by atoms with E-state index in [-0.39, 0.29) is 0 Å². The van der Waals surface area contributed by atoms with E-state index >= 15 is 0 Å². The van der Waals surface area contributed by atoms with Crippen molar-refractivity contribution in [2.45, 2.75) is 0 Å². The molecule has 0 nitrogen and oxygen atoms in total. The third kappa shape index (κ3) is 3.97. The van der Waals surface area contributed by atoms with Crippen LogP contribution in [0.2, 0.25) is 0 Å². The quantitative estimate of drug-likeness (QED) is 0.346. The summed E-state index contributed by atoms with van der Waals surface area (Å²) in [5.74, 6) is 0. The van der Waals surface area contributed by atoms with E-state index in [0.717, 1.165) is 0 Å². The Bertz CT molecular complexity index is 45.6. The van der Waals surface area contributed by atoms with E-state index in [1.807, 2.05) is 0 Å². The molecule has 0 atom stereocenters. The zero-order valence-corrected chi connectivity index (χ0v) is 3.74. The Balaban J connectivity index is 2.92. The van der Waals surface area contributed by atoms with Crippen LogP contribution in [0.3, 0.4) is 0 Å². The van der Waals surface area contributed by atoms with Gasteiger partial charge in [0.2, 0.25) is 0 Å². The van der Waals surface area contributed by atoms with Gasteiger partial charge in [-0.25, -0.2) is 0 Å². The van der Waals surface area contributed by atoms with E-state index in [1.165, 1.54) is 0 Å². The van der Waals surface area contributed by atoms with Crippen LogP contribution >= 0.6 is 0 Å². The van der Waals surface area contributed by atoms with Crippen LogP contribution in [0.4, 0.5) is 0 Å². The molecule has 0 N–H and O–H groups in total. The molecule has 0 aliphatic heterocycles. The van der Waals surface area contributed by atoms with Crippen molar-refractivity contribution < 1.29 is 15.0 Å². The average Bonchev–Trinajstić information content (AvgIpc) is 1.41. The first-order valence-corrected chi connectivity index (χ1v) is 1.83. The van der Waals surface area contributed by atoms with Gasteiger partial charge in [-0.05, 0) is 0 Å². The van der Waals surface area contributed by atoms with Gasteiger partial charge in [0.25, 0.3) is 0 Å². The van der Waals surface area contributed by atoms with Gasteiger partial charge < -0.3 is 0 Å². The monoisotopic (exact) mass is 111 g/mol. The van der Waals surface area contributed by atoms with Crippen molar-refractivity contribution in [2.75, 3.05) is 0 Å². The number of rotatable bonds is 1. The molecule has 32 valence electrons. The predicted octanol–water partition coefficient (Wildman–Crippen LogP) is 0.726. The summed E-state index contributed by atoms with van der Waals surface area (Å²) >= 11 is 4.16. The maximum absolute atomic E-state index is 4.16. The van der Waals surface area contributed by atoms with Crippen molar-refractivity contribution in [3.8, 4) is 0 Å². The van der Waals surface area contributed by atoms with Crippen LogP contribution in [-0.2, 0) is 15.0 Å². The fourth-order valence-corrected chi connectivity index (χ4v) is 0.177. The molecule has 0 aliphatic rings. The first kappa shape index (κ1) is 4.97. The normalized spacial score (nSPS) is 9.20. The van der Waals surface area contributed by atoms with Gasteiger partial charge in [-0.15, -0.1) is 0 Å². The third-order valence-corrected chi connectivity index (χ3v) is 0.387. The van der Waals surface area contributed by atoms with Crippen LogP contribution in [0.25, 0.3) is 0 Å². The molecule has 0 bridgehead atoms. The van der Waals surface area contributed by atoms with Crippen molar-refractivity contribution >= 4 is 4.99 Å². The molecule has 0 heterocycles. The molecule has 0 aliphatic carbocycles. The zero-order chi connectivity index (χ0) is 4.12. The van der Waals surface area contributed by atoms with Gasteiger partial charge in [0, 0.05) is 0 Å². The Morgan fingerprint density at radius 1 is 1.60 bits per heavy atom. The van der Waals surface area contributed by atoms with Crippen LogP contribution in [0.5, 0.6) is 0 Å². The van der Waals surface area contributed by atoms with E-state index < -0.39 is 0 Å². The molecule has 0 unspecified atom stereocenters. The summed E-state index contributed by atoms with van der Waals surface area (Å²) < 4.78 is 0. The Hall–Kier alpha value is -0.0265. The summed E-state index contributed by atoms with van der Waals surface area (Å²) in [5, 5.41) is 0. The Labute approximate surface area is 39.8 Å². The Kier molecular flexibility index (Phi) is 3.95. The number of hydrogen-bond donors (Lipinski definition) is 0. The SMILES string of the molecule is [CH2-]/C=C\[CH]=[Ni]. The van der Waals surface area contributed by atoms with Gasteiger partial charge in [-0.2, -0.15) is 0 Å². The summed E-state index contributed by atoms with van der Waals surface area (Å²) in [6, 6.07) is 0. The Morgan fingerprint density at radius 3 is 2.20 bits per heavy atom. The first-order chi connectivity index (χ1) is 2.41. The van der Waals surface area contributed by atoms with Crippen molar-refractivity contribution in [1.82, 2.24) is 0 Å². The third-order valence-electron chi connectivity index (χ3n) is 0.197. The predicted molar refractivity (Wildman–Crippen MR) is 20.6 cm³/mol. The van der Waals surface area contributed by atoms with Gasteiger partial charge >= 0.3 is 39.1 Å². The topological polar surface area (TPSA) is 0 Å². The zero-order valence-electron chi connectivity index (χ0n) is 2.76. The van der Waals surface area contributed by atoms with E-state index in [0.29, 0.717) is 0 Å². The Morgan fingerprint density at radius 2 is 2.20 bits per heavy atom. The molecule has 0 saturated heterocycles. The van der Waals surface area contributed by atoms with E-state index in [2.05, 4.69) is 22.0 Å². The molecular formula is C4H5Ni-. The molecule has 0 aromatic heterocycles. The van der Waals surface area contributed by atoms with Gasteiger partial charge in [0.05, 0.1) is 0 Å². The second-order valence-corrected chi connectivity index (χ2v) is 0.863. The number of hydrogen-bond acceptors (Lipinski definition) is 0. The standard InChI is InChI=1S/C4H5.Ni/c1-3-4-2;/h1,3-4H,2H2;/q-1;/b4-3-;. The van der Waals surface area contributed by atoms with Gasteiger partial charge in [0.15, 0.2) is 0 Å². The molecule has 5 heavy (non-hydrogen) atoms. The van der Waals surface area contributed by atoms with Crippen molar-refractivity contribution in [1.29, 1.82) is 0 Å². The molecule has 0 radical (unpaired) electrons. The minimum absolute atomic E-state index is 1.56. The van der Waals surface area contributed by atoms with E-state index in [1.54, 1.807) is 17.1 Å². The second kappa shape index (κ2) is 3.97. The van der Waals surface area contributed by atoms with Crippen LogP contribution < -0.4 is 0 Å². The van der Waals surface area contributed by atoms with Crippen molar-refractivity contribution in [3.05, 3.63) is 19.1 Å². The molecule has 0 aromatic carbocycles. The molecule has 0 saturated carbocycles. The van der Waals surface area contributed by atoms with Crippen molar-refractivity contribution in [3.63, 3.8) is 0 Å². The molecule has 0 spiro atoms. The second-order valence-electron chi connectivity index (χ2n) is 0.534. The fourth-order valence-electron chi connectivity index (χ4n) is 0.0430. The van der Waals surface area contributed by atoms with E-state index in [4.69, 9.17) is 0 Å². The fraction of sp³-hybridized carbons (Fsp3) is 0. The van der Waals surface area contributed by atoms with Crippen molar-refractivity contribution in [2.24, 2.45) is 0 Å². The molecular weight excluding hydrogens is 107 g/mol. The van der Waals surface area contributed by atoms with Gasteiger partial charge in [0.1, 0.15) is 0 Å². The summed E-state index contributed by atoms with van der Waals surface area (Å²) in [7, 11) is 0. The molecule has 1 heteroatoms. The average molecular weight is 112 g/mol. The number of allylic oxidation sites excluding steroid dienone is 2. The first-order valence-electron chi connectivity index (χ1n) is 1.26. The van der Waals surface area contributed by atoms with Crippen LogP contribution in [0.15, 0.2) is 12.2 Å². The van der Waals surface area contributed by atoms with Gasteiger partial charge in [-0.3, -0.25) is 0 Å². The van der Waals surface area contributed by atoms with Crippen LogP contribution in [0, 0.1) is 6.92 Å². The summed E-state index contributed by atoms with van der Waals surface area (Å²) in [5.41, 5.74) is 0. The summed E-state index contributed by atoms with van der Waals surface area (Å²) in [4.78, 5) is 1.56. The molecule has 0 fully saturated rings. The van der Waals surface area contributed by atoms with E-state index in [9.17, 15) is 0 Å². The summed E-state index contributed by atoms with van der Waals surface area (Å²) in [6.07, 6.45) is 3.38. The van der Waals surface area contributed by atoms with Gasteiger partial charge in [-0.1, -0.05) is 0 Å². The minimum atomic E-state index is 1.56. The van der Waals surface area contributed by atoms with Crippen LogP contribution in [-0.4, -0.2) is 4.99 Å². The molecule has 0 rings (SSSR count). The van der Waals surface area contributed by atoms with Crippen LogP contribution in [0.1, 0.15) is 0 Å². The molecule has 0 amide bonds.